The van der Waals surface area contributed by atoms with Gasteiger partial charge in [-0.1, -0.05) is 23.2 Å². The molecule has 0 bridgehead atoms. The third-order valence-electron chi connectivity index (χ3n) is 8.64. The molecule has 11 heteroatoms. The number of hydrogen-bond acceptors (Lipinski definition) is 9. The van der Waals surface area contributed by atoms with Gasteiger partial charge in [0.2, 0.25) is 11.8 Å². The number of methoxy groups -OCH3 is 1. The number of nitrogens with zero attached hydrogens (tertiary/aromatic N) is 6. The van der Waals surface area contributed by atoms with E-state index in [0.717, 1.165) is 74.9 Å². The van der Waals surface area contributed by atoms with E-state index in [-0.39, 0.29) is 5.97 Å². The fourth-order valence-corrected chi connectivity index (χ4v) is 7.06. The average molecular weight is 612 g/mol. The van der Waals surface area contributed by atoms with Crippen molar-refractivity contribution in [3.8, 4) is 22.9 Å². The van der Waals surface area contributed by atoms with Crippen molar-refractivity contribution in [2.75, 3.05) is 51.8 Å². The van der Waals surface area contributed by atoms with E-state index < -0.39 is 0 Å². The largest absolute Gasteiger partial charge is 0.469 e. The number of esters is 1. The molecule has 0 spiro atoms. The number of fused-ring (bicyclic) bond motifs is 1. The maximum Gasteiger partial charge on any atom is 0.305 e. The monoisotopic (exact) mass is 610 g/mol. The molecule has 222 valence electrons. The molecule has 0 aliphatic carbocycles. The van der Waals surface area contributed by atoms with E-state index in [2.05, 4.69) is 37.8 Å². The predicted molar refractivity (Wildman–Crippen MR) is 163 cm³/mol. The molecule has 6 rings (SSSR count). The Morgan fingerprint density at radius 2 is 1.71 bits per heavy atom. The van der Waals surface area contributed by atoms with Crippen molar-refractivity contribution < 1.29 is 14.3 Å². The van der Waals surface area contributed by atoms with E-state index >= 15 is 0 Å². The maximum atomic E-state index is 11.7. The van der Waals surface area contributed by atoms with Crippen molar-refractivity contribution in [3.63, 3.8) is 0 Å². The third-order valence-corrected chi connectivity index (χ3v) is 9.08. The lowest BCUT2D eigenvalue weighted by Crippen LogP contribution is -2.35. The second kappa shape index (κ2) is 12.7. The van der Waals surface area contributed by atoms with Crippen molar-refractivity contribution in [3.05, 3.63) is 58.3 Å². The summed E-state index contributed by atoms with van der Waals surface area (Å²) >= 11 is 12.7. The molecule has 3 saturated heterocycles. The number of pyridine rings is 1. The van der Waals surface area contributed by atoms with Gasteiger partial charge in [0.25, 0.3) is 0 Å². The summed E-state index contributed by atoms with van der Waals surface area (Å²) in [4.78, 5) is 32.9. The number of rotatable bonds is 8. The van der Waals surface area contributed by atoms with Gasteiger partial charge in [0.15, 0.2) is 5.75 Å². The highest BCUT2D eigenvalue weighted by atomic mass is 35.5. The highest BCUT2D eigenvalue weighted by Gasteiger charge is 2.41. The van der Waals surface area contributed by atoms with Crippen molar-refractivity contribution in [2.45, 2.75) is 38.3 Å². The molecule has 0 amide bonds. The van der Waals surface area contributed by atoms with Gasteiger partial charge < -0.3 is 19.3 Å². The molecule has 3 aliphatic rings. The first-order valence-electron chi connectivity index (χ1n) is 14.5. The van der Waals surface area contributed by atoms with Crippen LogP contribution in [0.3, 0.4) is 0 Å². The van der Waals surface area contributed by atoms with Gasteiger partial charge in [0, 0.05) is 60.3 Å². The molecule has 3 aromatic rings. The number of hydrogen-bond donors (Lipinski definition) is 0. The number of carbonyl (C=O) groups is 1. The van der Waals surface area contributed by atoms with Crippen LogP contribution in [0.5, 0.6) is 11.6 Å². The van der Waals surface area contributed by atoms with Gasteiger partial charge in [-0.25, -0.2) is 15.0 Å². The first kappa shape index (κ1) is 29.1. The molecule has 2 unspecified atom stereocenters. The Kier molecular flexibility index (Phi) is 8.81. The van der Waals surface area contributed by atoms with Crippen LogP contribution in [0.1, 0.15) is 31.2 Å². The molecule has 3 fully saturated rings. The zero-order valence-electron chi connectivity index (χ0n) is 24.0. The fraction of sp³-hybridized carbons (Fsp3) is 0.484. The van der Waals surface area contributed by atoms with E-state index in [1.54, 1.807) is 18.5 Å². The Bertz CT molecular complexity index is 1400. The van der Waals surface area contributed by atoms with Gasteiger partial charge in [-0.05, 0) is 81.1 Å². The molecule has 1 aromatic carbocycles. The second-order valence-corrected chi connectivity index (χ2v) is 12.6. The molecule has 2 aromatic heterocycles. The number of piperidine rings is 1. The standard InChI is InChI=1S/C31H36Cl2N6O3/c1-37-18-22-5-8-39(28(22)19-37)31-34-15-26(16-35-31)42-29-10-21(9-27(36-29)23-12-24(32)14-25(33)13-23)17-38-6-3-20(4-7-38)11-30(40)41-2/h9-10,12-16,20,22,28H,3-8,11,17-19H2,1-2H3. The van der Waals surface area contributed by atoms with Gasteiger partial charge in [-0.3, -0.25) is 9.69 Å². The van der Waals surface area contributed by atoms with Crippen molar-refractivity contribution in [1.29, 1.82) is 0 Å². The van der Waals surface area contributed by atoms with Crippen LogP contribution in [0.15, 0.2) is 42.7 Å². The number of ether oxygens (including phenoxy) is 2. The van der Waals surface area contributed by atoms with Crippen LogP contribution in [-0.2, 0) is 16.1 Å². The molecular formula is C31H36Cl2N6O3. The van der Waals surface area contributed by atoms with Gasteiger partial charge in [0.1, 0.15) is 0 Å². The lowest BCUT2D eigenvalue weighted by Gasteiger charge is -2.31. The molecule has 3 aliphatic heterocycles. The molecule has 9 nitrogen and oxygen atoms in total. The first-order chi connectivity index (χ1) is 20.3. The van der Waals surface area contributed by atoms with Gasteiger partial charge >= 0.3 is 5.97 Å². The van der Waals surface area contributed by atoms with Gasteiger partial charge in [-0.2, -0.15) is 0 Å². The summed E-state index contributed by atoms with van der Waals surface area (Å²) in [7, 11) is 3.62. The quantitative estimate of drug-likeness (QED) is 0.305. The second-order valence-electron chi connectivity index (χ2n) is 11.7. The number of aromatic nitrogens is 3. The minimum Gasteiger partial charge on any atom is -0.469 e. The normalized spacial score (nSPS) is 21.5. The van der Waals surface area contributed by atoms with E-state index in [1.165, 1.54) is 13.5 Å². The van der Waals surface area contributed by atoms with Gasteiger partial charge in [0.05, 0.1) is 25.2 Å². The zero-order valence-corrected chi connectivity index (χ0v) is 25.5. The van der Waals surface area contributed by atoms with Crippen LogP contribution < -0.4 is 9.64 Å². The minimum atomic E-state index is -0.137. The van der Waals surface area contributed by atoms with Crippen LogP contribution in [0, 0.1) is 11.8 Å². The number of likely N-dealkylation sites (N-methyl/N-ethyl adjacent to an activating group) is 1. The maximum absolute atomic E-state index is 11.7. The molecule has 0 saturated carbocycles. The van der Waals surface area contributed by atoms with Crippen LogP contribution in [0.2, 0.25) is 10.0 Å². The smallest absolute Gasteiger partial charge is 0.305 e. The molecule has 0 N–H and O–H groups in total. The fourth-order valence-electron chi connectivity index (χ4n) is 6.53. The summed E-state index contributed by atoms with van der Waals surface area (Å²) < 4.78 is 11.1. The first-order valence-corrected chi connectivity index (χ1v) is 15.3. The van der Waals surface area contributed by atoms with Gasteiger partial charge in [-0.15, -0.1) is 0 Å². The molecule has 0 radical (unpaired) electrons. The number of benzene rings is 1. The summed E-state index contributed by atoms with van der Waals surface area (Å²) in [6.45, 7) is 5.70. The van der Waals surface area contributed by atoms with Crippen LogP contribution in [0.4, 0.5) is 5.95 Å². The van der Waals surface area contributed by atoms with Crippen molar-refractivity contribution >= 4 is 35.1 Å². The Balaban J connectivity index is 1.19. The van der Waals surface area contributed by atoms with E-state index in [9.17, 15) is 4.79 Å². The number of anilines is 1. The Morgan fingerprint density at radius 3 is 2.43 bits per heavy atom. The zero-order chi connectivity index (χ0) is 29.2. The summed E-state index contributed by atoms with van der Waals surface area (Å²) in [5, 5.41) is 1.09. The lowest BCUT2D eigenvalue weighted by molar-refractivity contribution is -0.142. The number of halogens is 2. The van der Waals surface area contributed by atoms with Crippen molar-refractivity contribution in [1.82, 2.24) is 24.8 Å². The Morgan fingerprint density at radius 1 is 0.976 bits per heavy atom. The van der Waals surface area contributed by atoms with Crippen LogP contribution >= 0.6 is 23.2 Å². The third kappa shape index (κ3) is 6.80. The predicted octanol–water partition coefficient (Wildman–Crippen LogP) is 5.55. The molecular weight excluding hydrogens is 575 g/mol. The average Bonchev–Trinajstić information content (AvgIpc) is 3.53. The highest BCUT2D eigenvalue weighted by Crippen LogP contribution is 2.34. The number of likely N-dealkylation sites (tertiary alicyclic amines) is 2. The molecule has 42 heavy (non-hydrogen) atoms. The number of carbonyl (C=O) groups excluding carboxylic acids is 1. The van der Waals surface area contributed by atoms with Crippen LogP contribution in [0.25, 0.3) is 11.3 Å². The summed E-state index contributed by atoms with van der Waals surface area (Å²) in [6, 6.07) is 9.89. The summed E-state index contributed by atoms with van der Waals surface area (Å²) in [6.07, 6.45) is 7.02. The van der Waals surface area contributed by atoms with E-state index in [1.807, 2.05) is 18.2 Å². The summed E-state index contributed by atoms with van der Waals surface area (Å²) in [5.41, 5.74) is 2.59. The van der Waals surface area contributed by atoms with E-state index in [4.69, 9.17) is 37.7 Å². The van der Waals surface area contributed by atoms with Crippen LogP contribution in [-0.4, -0.2) is 83.6 Å². The highest BCUT2D eigenvalue weighted by molar-refractivity contribution is 6.35. The van der Waals surface area contributed by atoms with E-state index in [0.29, 0.717) is 46.0 Å². The Hall–Kier alpha value is -2.98. The molecule has 5 heterocycles. The SMILES string of the molecule is COC(=O)CC1CCN(Cc2cc(Oc3cnc(N4CCC5CN(C)CC54)nc3)nc(-c3cc(Cl)cc(Cl)c3)c2)CC1. The lowest BCUT2D eigenvalue weighted by atomic mass is 9.93. The topological polar surface area (TPSA) is 83.9 Å². The Labute approximate surface area is 256 Å². The molecule has 2 atom stereocenters. The summed E-state index contributed by atoms with van der Waals surface area (Å²) in [5.74, 6) is 2.63. The minimum absolute atomic E-state index is 0.137. The van der Waals surface area contributed by atoms with Crippen molar-refractivity contribution in [2.24, 2.45) is 11.8 Å².